The van der Waals surface area contributed by atoms with Crippen molar-refractivity contribution in [1.29, 1.82) is 5.26 Å². The van der Waals surface area contributed by atoms with E-state index in [0.29, 0.717) is 10.8 Å². The molecular weight excluding hydrogens is 208 g/mol. The van der Waals surface area contributed by atoms with E-state index in [1.54, 1.807) is 11.8 Å². The number of nitriles is 1. The molecule has 0 unspecified atom stereocenters. The zero-order valence-electron chi connectivity index (χ0n) is 8.78. The molecule has 1 aliphatic heterocycles. The van der Waals surface area contributed by atoms with Gasteiger partial charge in [-0.15, -0.1) is 0 Å². The summed E-state index contributed by atoms with van der Waals surface area (Å²) in [7, 11) is 0. The number of hydrogen-bond acceptors (Lipinski definition) is 4. The van der Waals surface area contributed by atoms with Gasteiger partial charge in [0, 0.05) is 5.69 Å². The van der Waals surface area contributed by atoms with E-state index in [-0.39, 0.29) is 0 Å². The molecule has 78 valence electrons. The van der Waals surface area contributed by atoms with Crippen LogP contribution in [0, 0.1) is 25.2 Å². The van der Waals surface area contributed by atoms with Crippen molar-refractivity contribution in [1.82, 2.24) is 4.98 Å². The van der Waals surface area contributed by atoms with Gasteiger partial charge in [0.05, 0.1) is 24.0 Å². The topological polar surface area (TPSA) is 45.9 Å². The molecule has 1 aromatic heterocycles. The van der Waals surface area contributed by atoms with Gasteiger partial charge in [0.15, 0.2) is 0 Å². The standard InChI is InChI=1S/C11H12N2OS/c1-7-3-8(2)13-11(10(7)4-12)15-9-5-14-6-9/h3,9H,5-6H2,1-2H3. The van der Waals surface area contributed by atoms with Crippen molar-refractivity contribution in [3.05, 3.63) is 22.9 Å². The summed E-state index contributed by atoms with van der Waals surface area (Å²) >= 11 is 1.65. The number of thioether (sulfide) groups is 1. The second-order valence-electron chi connectivity index (χ2n) is 3.65. The Labute approximate surface area is 93.5 Å². The highest BCUT2D eigenvalue weighted by atomic mass is 32.2. The van der Waals surface area contributed by atoms with Crippen LogP contribution in [0.4, 0.5) is 0 Å². The first kappa shape index (κ1) is 10.5. The van der Waals surface area contributed by atoms with Gasteiger partial charge < -0.3 is 4.74 Å². The first-order valence-corrected chi connectivity index (χ1v) is 5.71. The van der Waals surface area contributed by atoms with Crippen molar-refractivity contribution in [2.75, 3.05) is 13.2 Å². The fourth-order valence-corrected chi connectivity index (χ4v) is 2.63. The maximum absolute atomic E-state index is 9.06. The Bertz CT molecular complexity index is 421. The molecule has 1 aliphatic rings. The molecule has 2 heterocycles. The maximum atomic E-state index is 9.06. The lowest BCUT2D eigenvalue weighted by Crippen LogP contribution is -2.30. The molecule has 1 fully saturated rings. The van der Waals surface area contributed by atoms with Crippen LogP contribution in [0.25, 0.3) is 0 Å². The Hall–Kier alpha value is -1.05. The number of nitrogens with zero attached hydrogens (tertiary/aromatic N) is 2. The molecule has 4 heteroatoms. The van der Waals surface area contributed by atoms with Crippen molar-refractivity contribution >= 4 is 11.8 Å². The first-order chi connectivity index (χ1) is 7.20. The minimum atomic E-state index is 0.464. The summed E-state index contributed by atoms with van der Waals surface area (Å²) < 4.78 is 5.11. The Morgan fingerprint density at radius 3 is 2.80 bits per heavy atom. The lowest BCUT2D eigenvalue weighted by Gasteiger charge is -2.25. The molecule has 3 nitrogen and oxygen atoms in total. The fraction of sp³-hybridized carbons (Fsp3) is 0.455. The summed E-state index contributed by atoms with van der Waals surface area (Å²) in [6.07, 6.45) is 0. The van der Waals surface area contributed by atoms with E-state index in [9.17, 15) is 0 Å². The van der Waals surface area contributed by atoms with Gasteiger partial charge in [-0.1, -0.05) is 11.8 Å². The molecule has 0 atom stereocenters. The zero-order valence-corrected chi connectivity index (χ0v) is 9.60. The van der Waals surface area contributed by atoms with Gasteiger partial charge in [0.1, 0.15) is 11.1 Å². The number of aryl methyl sites for hydroxylation is 2. The second kappa shape index (κ2) is 4.21. The smallest absolute Gasteiger partial charge is 0.115 e. The number of rotatable bonds is 2. The van der Waals surface area contributed by atoms with Crippen molar-refractivity contribution in [2.24, 2.45) is 0 Å². The van der Waals surface area contributed by atoms with Crippen LogP contribution < -0.4 is 0 Å². The van der Waals surface area contributed by atoms with Crippen molar-refractivity contribution < 1.29 is 4.74 Å². The molecule has 0 spiro atoms. The fourth-order valence-electron chi connectivity index (χ4n) is 1.46. The summed E-state index contributed by atoms with van der Waals surface area (Å²) in [4.78, 5) is 4.41. The highest BCUT2D eigenvalue weighted by molar-refractivity contribution is 8.00. The van der Waals surface area contributed by atoms with E-state index in [4.69, 9.17) is 10.00 Å². The van der Waals surface area contributed by atoms with Gasteiger partial charge in [0.2, 0.25) is 0 Å². The molecule has 0 amide bonds. The van der Waals surface area contributed by atoms with Crippen LogP contribution in [0.1, 0.15) is 16.8 Å². The molecule has 2 rings (SSSR count). The monoisotopic (exact) mass is 220 g/mol. The third kappa shape index (κ3) is 2.14. The van der Waals surface area contributed by atoms with Gasteiger partial charge in [-0.05, 0) is 25.5 Å². The third-order valence-corrected chi connectivity index (χ3v) is 3.43. The van der Waals surface area contributed by atoms with Crippen LogP contribution in [-0.2, 0) is 4.74 Å². The molecule has 0 N–H and O–H groups in total. The van der Waals surface area contributed by atoms with E-state index >= 15 is 0 Å². The highest BCUT2D eigenvalue weighted by Gasteiger charge is 2.22. The van der Waals surface area contributed by atoms with Crippen LogP contribution >= 0.6 is 11.8 Å². The maximum Gasteiger partial charge on any atom is 0.115 e. The van der Waals surface area contributed by atoms with Gasteiger partial charge in [-0.25, -0.2) is 4.98 Å². The first-order valence-electron chi connectivity index (χ1n) is 4.83. The summed E-state index contributed by atoms with van der Waals surface area (Å²) in [5.41, 5.74) is 2.68. The zero-order chi connectivity index (χ0) is 10.8. The van der Waals surface area contributed by atoms with Gasteiger partial charge >= 0.3 is 0 Å². The third-order valence-electron chi connectivity index (χ3n) is 2.31. The van der Waals surface area contributed by atoms with Crippen LogP contribution in [0.5, 0.6) is 0 Å². The normalized spacial score (nSPS) is 15.8. The van der Waals surface area contributed by atoms with Gasteiger partial charge in [0.25, 0.3) is 0 Å². The van der Waals surface area contributed by atoms with Crippen molar-refractivity contribution in [2.45, 2.75) is 24.1 Å². The van der Waals surface area contributed by atoms with Crippen LogP contribution in [0.15, 0.2) is 11.1 Å². The van der Waals surface area contributed by atoms with Gasteiger partial charge in [-0.3, -0.25) is 0 Å². The van der Waals surface area contributed by atoms with Crippen LogP contribution in [0.2, 0.25) is 0 Å². The molecule has 0 bridgehead atoms. The molecule has 15 heavy (non-hydrogen) atoms. The van der Waals surface area contributed by atoms with E-state index in [2.05, 4.69) is 11.1 Å². The summed E-state index contributed by atoms with van der Waals surface area (Å²) in [6.45, 7) is 5.44. The number of ether oxygens (including phenoxy) is 1. The molecule has 0 saturated carbocycles. The van der Waals surface area contributed by atoms with Crippen molar-refractivity contribution in [3.63, 3.8) is 0 Å². The Morgan fingerprint density at radius 2 is 2.27 bits per heavy atom. The van der Waals surface area contributed by atoms with Crippen LogP contribution in [0.3, 0.4) is 0 Å². The van der Waals surface area contributed by atoms with Crippen molar-refractivity contribution in [3.8, 4) is 6.07 Å². The second-order valence-corrected chi connectivity index (χ2v) is 4.94. The summed E-state index contributed by atoms with van der Waals surface area (Å²) in [5.74, 6) is 0. The molecule has 0 aromatic carbocycles. The Morgan fingerprint density at radius 1 is 1.53 bits per heavy atom. The predicted octanol–water partition coefficient (Wildman–Crippen LogP) is 2.06. The predicted molar refractivity (Wildman–Crippen MR) is 58.9 cm³/mol. The SMILES string of the molecule is Cc1cc(C)c(C#N)c(SC2COC2)n1. The Balaban J connectivity index is 2.31. The molecule has 1 aromatic rings. The lowest BCUT2D eigenvalue weighted by atomic mass is 10.1. The molecule has 1 saturated heterocycles. The van der Waals surface area contributed by atoms with E-state index < -0.39 is 0 Å². The van der Waals surface area contributed by atoms with Crippen LogP contribution in [-0.4, -0.2) is 23.4 Å². The van der Waals surface area contributed by atoms with E-state index in [1.807, 2.05) is 19.9 Å². The summed E-state index contributed by atoms with van der Waals surface area (Å²) in [5, 5.41) is 10.4. The highest BCUT2D eigenvalue weighted by Crippen LogP contribution is 2.30. The quantitative estimate of drug-likeness (QED) is 0.765. The van der Waals surface area contributed by atoms with Gasteiger partial charge in [-0.2, -0.15) is 5.26 Å². The number of hydrogen-bond donors (Lipinski definition) is 0. The van der Waals surface area contributed by atoms with E-state index in [0.717, 1.165) is 29.5 Å². The lowest BCUT2D eigenvalue weighted by molar-refractivity contribution is 0.0454. The number of aromatic nitrogens is 1. The number of pyridine rings is 1. The molecular formula is C11H12N2OS. The molecule has 0 aliphatic carbocycles. The average molecular weight is 220 g/mol. The average Bonchev–Trinajstić information content (AvgIpc) is 2.10. The molecule has 0 radical (unpaired) electrons. The Kier molecular flexibility index (Phi) is 2.94. The largest absolute Gasteiger partial charge is 0.379 e. The minimum Gasteiger partial charge on any atom is -0.379 e. The summed E-state index contributed by atoms with van der Waals surface area (Å²) in [6, 6.07) is 4.16. The minimum absolute atomic E-state index is 0.464. The van der Waals surface area contributed by atoms with E-state index in [1.165, 1.54) is 0 Å².